The van der Waals surface area contributed by atoms with Gasteiger partial charge in [0.2, 0.25) is 0 Å². The molecule has 2 aromatic rings. The Hall–Kier alpha value is -1.83. The molecule has 0 spiro atoms. The third-order valence-corrected chi connectivity index (χ3v) is 3.39. The highest BCUT2D eigenvalue weighted by Crippen LogP contribution is 2.17. The average molecular weight is 439 g/mol. The molecule has 0 atom stereocenters. The van der Waals surface area contributed by atoms with E-state index in [1.807, 2.05) is 29.8 Å². The SMILES string of the molecule is C=CCNC(=NCc1ccccc1-n1nc(C)cc1C)NCC.I. The number of nitrogens with one attached hydrogen (secondary N) is 2. The van der Waals surface area contributed by atoms with Crippen LogP contribution in [-0.2, 0) is 6.54 Å². The van der Waals surface area contributed by atoms with Gasteiger partial charge in [-0.2, -0.15) is 5.10 Å². The maximum absolute atomic E-state index is 4.65. The van der Waals surface area contributed by atoms with Crippen LogP contribution >= 0.6 is 24.0 Å². The molecule has 1 heterocycles. The fraction of sp³-hybridized carbons (Fsp3) is 0.333. The molecule has 2 rings (SSSR count). The Balaban J connectivity index is 0.00000288. The highest BCUT2D eigenvalue weighted by molar-refractivity contribution is 14.0. The van der Waals surface area contributed by atoms with Crippen molar-refractivity contribution in [2.45, 2.75) is 27.3 Å². The number of aliphatic imine (C=N–C) groups is 1. The summed E-state index contributed by atoms with van der Waals surface area (Å²) in [5, 5.41) is 11.0. The quantitative estimate of drug-likeness (QED) is 0.314. The maximum atomic E-state index is 4.65. The van der Waals surface area contributed by atoms with E-state index in [9.17, 15) is 0 Å². The minimum atomic E-state index is 0. The van der Waals surface area contributed by atoms with Gasteiger partial charge in [-0.3, -0.25) is 0 Å². The zero-order chi connectivity index (χ0) is 16.7. The molecule has 0 amide bonds. The van der Waals surface area contributed by atoms with Gasteiger partial charge in [0.1, 0.15) is 0 Å². The van der Waals surface area contributed by atoms with Crippen molar-refractivity contribution in [2.75, 3.05) is 13.1 Å². The topological polar surface area (TPSA) is 54.2 Å². The van der Waals surface area contributed by atoms with Gasteiger partial charge < -0.3 is 10.6 Å². The third kappa shape index (κ3) is 5.36. The van der Waals surface area contributed by atoms with Gasteiger partial charge in [-0.05, 0) is 38.5 Å². The molecule has 1 aromatic carbocycles. The number of rotatable bonds is 6. The van der Waals surface area contributed by atoms with Crippen molar-refractivity contribution in [3.05, 3.63) is 59.9 Å². The normalized spacial score (nSPS) is 10.9. The van der Waals surface area contributed by atoms with Gasteiger partial charge in [0.15, 0.2) is 5.96 Å². The van der Waals surface area contributed by atoms with Crippen LogP contribution < -0.4 is 10.6 Å². The summed E-state index contributed by atoms with van der Waals surface area (Å²) in [7, 11) is 0. The number of aryl methyl sites for hydroxylation is 2. The van der Waals surface area contributed by atoms with E-state index in [0.717, 1.165) is 35.1 Å². The molecule has 0 saturated heterocycles. The molecule has 24 heavy (non-hydrogen) atoms. The van der Waals surface area contributed by atoms with Gasteiger partial charge in [-0.25, -0.2) is 9.67 Å². The number of halogens is 1. The summed E-state index contributed by atoms with van der Waals surface area (Å²) in [5.41, 5.74) is 4.34. The highest BCUT2D eigenvalue weighted by atomic mass is 127. The molecular formula is C18H26IN5. The first kappa shape index (κ1) is 20.2. The summed E-state index contributed by atoms with van der Waals surface area (Å²) < 4.78 is 1.98. The second kappa shape index (κ2) is 10.1. The van der Waals surface area contributed by atoms with E-state index in [4.69, 9.17) is 0 Å². The third-order valence-electron chi connectivity index (χ3n) is 3.39. The standard InChI is InChI=1S/C18H25N5.HI/c1-5-11-20-18(19-6-2)21-13-16-9-7-8-10-17(16)23-15(4)12-14(3)22-23;/h5,7-10,12H,1,6,11,13H2,2-4H3,(H2,19,20,21);1H. The molecule has 0 unspecified atom stereocenters. The first-order valence-electron chi connectivity index (χ1n) is 7.90. The van der Waals surface area contributed by atoms with Gasteiger partial charge >= 0.3 is 0 Å². The summed E-state index contributed by atoms with van der Waals surface area (Å²) in [6, 6.07) is 10.3. The zero-order valence-electron chi connectivity index (χ0n) is 14.5. The molecule has 6 heteroatoms. The molecule has 0 aliphatic rings. The van der Waals surface area contributed by atoms with Crippen LogP contribution in [-0.4, -0.2) is 28.8 Å². The van der Waals surface area contributed by atoms with Gasteiger partial charge in [0.25, 0.3) is 0 Å². The van der Waals surface area contributed by atoms with Gasteiger partial charge in [-0.15, -0.1) is 30.6 Å². The largest absolute Gasteiger partial charge is 0.357 e. The Kier molecular flexibility index (Phi) is 8.53. The molecule has 0 radical (unpaired) electrons. The highest BCUT2D eigenvalue weighted by Gasteiger charge is 2.08. The lowest BCUT2D eigenvalue weighted by Crippen LogP contribution is -2.37. The van der Waals surface area contributed by atoms with Crippen molar-refractivity contribution >= 4 is 29.9 Å². The summed E-state index contributed by atoms with van der Waals surface area (Å²) in [4.78, 5) is 4.65. The predicted molar refractivity (Wildman–Crippen MR) is 111 cm³/mol. The number of aromatic nitrogens is 2. The van der Waals surface area contributed by atoms with Crippen LogP contribution in [0.2, 0.25) is 0 Å². The van der Waals surface area contributed by atoms with E-state index in [2.05, 4.69) is 59.4 Å². The van der Waals surface area contributed by atoms with Crippen LogP contribution in [0.25, 0.3) is 5.69 Å². The Morgan fingerprint density at radius 1 is 1.29 bits per heavy atom. The number of benzene rings is 1. The van der Waals surface area contributed by atoms with Crippen LogP contribution in [0.4, 0.5) is 0 Å². The average Bonchev–Trinajstić information content (AvgIpc) is 2.88. The molecule has 0 aliphatic carbocycles. The lowest BCUT2D eigenvalue weighted by molar-refractivity contribution is 0.812. The number of hydrogen-bond acceptors (Lipinski definition) is 2. The monoisotopic (exact) mass is 439 g/mol. The van der Waals surface area contributed by atoms with Crippen molar-refractivity contribution in [1.29, 1.82) is 0 Å². The summed E-state index contributed by atoms with van der Waals surface area (Å²) in [5.74, 6) is 0.788. The fourth-order valence-corrected chi connectivity index (χ4v) is 2.40. The van der Waals surface area contributed by atoms with E-state index >= 15 is 0 Å². The van der Waals surface area contributed by atoms with Crippen molar-refractivity contribution in [1.82, 2.24) is 20.4 Å². The molecule has 1 aromatic heterocycles. The van der Waals surface area contributed by atoms with E-state index in [1.54, 1.807) is 0 Å². The van der Waals surface area contributed by atoms with Crippen molar-refractivity contribution in [3.63, 3.8) is 0 Å². The summed E-state index contributed by atoms with van der Waals surface area (Å²) in [6.45, 7) is 11.9. The van der Waals surface area contributed by atoms with E-state index < -0.39 is 0 Å². The Morgan fingerprint density at radius 2 is 2.04 bits per heavy atom. The summed E-state index contributed by atoms with van der Waals surface area (Å²) >= 11 is 0. The van der Waals surface area contributed by atoms with Crippen LogP contribution in [0.1, 0.15) is 23.9 Å². The minimum Gasteiger partial charge on any atom is -0.357 e. The number of hydrogen-bond donors (Lipinski definition) is 2. The Bertz CT molecular complexity index is 690. The Morgan fingerprint density at radius 3 is 2.67 bits per heavy atom. The van der Waals surface area contributed by atoms with E-state index in [-0.39, 0.29) is 24.0 Å². The van der Waals surface area contributed by atoms with Gasteiger partial charge in [0.05, 0.1) is 17.9 Å². The summed E-state index contributed by atoms with van der Waals surface area (Å²) in [6.07, 6.45) is 1.82. The predicted octanol–water partition coefficient (Wildman–Crippen LogP) is 3.35. The smallest absolute Gasteiger partial charge is 0.191 e. The fourth-order valence-electron chi connectivity index (χ4n) is 2.40. The molecule has 2 N–H and O–H groups in total. The molecule has 0 aliphatic heterocycles. The molecule has 130 valence electrons. The lowest BCUT2D eigenvalue weighted by Gasteiger charge is -2.12. The Labute approximate surface area is 161 Å². The second-order valence-electron chi connectivity index (χ2n) is 5.33. The van der Waals surface area contributed by atoms with Gasteiger partial charge in [-0.1, -0.05) is 24.3 Å². The first-order valence-corrected chi connectivity index (χ1v) is 7.90. The van der Waals surface area contributed by atoms with Crippen molar-refractivity contribution < 1.29 is 0 Å². The first-order chi connectivity index (χ1) is 11.2. The molecule has 0 bridgehead atoms. The van der Waals surface area contributed by atoms with Gasteiger partial charge in [0, 0.05) is 18.8 Å². The second-order valence-corrected chi connectivity index (χ2v) is 5.33. The molecule has 0 fully saturated rings. The van der Waals surface area contributed by atoms with E-state index in [1.165, 1.54) is 0 Å². The maximum Gasteiger partial charge on any atom is 0.191 e. The molecular weight excluding hydrogens is 413 g/mol. The van der Waals surface area contributed by atoms with Crippen molar-refractivity contribution in [3.8, 4) is 5.69 Å². The number of guanidine groups is 1. The van der Waals surface area contributed by atoms with Crippen LogP contribution in [0.5, 0.6) is 0 Å². The molecule has 0 saturated carbocycles. The zero-order valence-corrected chi connectivity index (χ0v) is 16.9. The van der Waals surface area contributed by atoms with Crippen LogP contribution in [0.3, 0.4) is 0 Å². The lowest BCUT2D eigenvalue weighted by atomic mass is 10.2. The number of para-hydroxylation sites is 1. The van der Waals surface area contributed by atoms with Crippen molar-refractivity contribution in [2.24, 2.45) is 4.99 Å². The van der Waals surface area contributed by atoms with Crippen LogP contribution in [0, 0.1) is 13.8 Å². The number of nitrogens with zero attached hydrogens (tertiary/aromatic N) is 3. The van der Waals surface area contributed by atoms with Crippen LogP contribution in [0.15, 0.2) is 48.0 Å². The minimum absolute atomic E-state index is 0. The van der Waals surface area contributed by atoms with E-state index in [0.29, 0.717) is 13.1 Å². The molecule has 5 nitrogen and oxygen atoms in total.